The van der Waals surface area contributed by atoms with E-state index in [0.717, 1.165) is 31.0 Å². The average molecular weight is 292 g/mol. The Morgan fingerprint density at radius 3 is 2.14 bits per heavy atom. The summed E-state index contributed by atoms with van der Waals surface area (Å²) in [5, 5.41) is 3.22. The van der Waals surface area contributed by atoms with E-state index in [2.05, 4.69) is 61.7 Å². The fourth-order valence-electron chi connectivity index (χ4n) is 2.88. The highest BCUT2D eigenvalue weighted by molar-refractivity contribution is 5.60. The number of aromatic nitrogens is 2. The molecular formula is C17H32N4. The number of rotatable bonds is 8. The third-order valence-electron chi connectivity index (χ3n) is 3.89. The molecule has 0 aliphatic heterocycles. The predicted molar refractivity (Wildman–Crippen MR) is 92.2 cm³/mol. The molecule has 0 saturated carbocycles. The predicted octanol–water partition coefficient (Wildman–Crippen LogP) is 4.29. The molecule has 1 aromatic rings. The Balaban J connectivity index is 3.35. The van der Waals surface area contributed by atoms with Gasteiger partial charge in [0, 0.05) is 25.2 Å². The summed E-state index contributed by atoms with van der Waals surface area (Å²) in [5.74, 6) is 3.06. The van der Waals surface area contributed by atoms with Gasteiger partial charge < -0.3 is 10.2 Å². The van der Waals surface area contributed by atoms with E-state index >= 15 is 0 Å². The highest BCUT2D eigenvalue weighted by atomic mass is 15.2. The summed E-state index contributed by atoms with van der Waals surface area (Å²) in [6, 6.07) is 0.532. The average Bonchev–Trinajstić information content (AvgIpc) is 2.46. The molecule has 0 atom stereocenters. The van der Waals surface area contributed by atoms with Crippen LogP contribution in [0, 0.1) is 5.92 Å². The molecule has 0 spiro atoms. The molecule has 1 heterocycles. The third-order valence-corrected chi connectivity index (χ3v) is 3.89. The first-order chi connectivity index (χ1) is 9.96. The SMILES string of the molecule is CCC(CC)N(CC(C)C)c1ncnc(NC)c1C(C)C. The van der Waals surface area contributed by atoms with Gasteiger partial charge >= 0.3 is 0 Å². The summed E-state index contributed by atoms with van der Waals surface area (Å²) in [6.45, 7) is 14.5. The minimum Gasteiger partial charge on any atom is -0.373 e. The molecule has 1 N–H and O–H groups in total. The molecule has 0 saturated heterocycles. The quantitative estimate of drug-likeness (QED) is 0.776. The summed E-state index contributed by atoms with van der Waals surface area (Å²) in [4.78, 5) is 11.5. The zero-order chi connectivity index (χ0) is 16.0. The summed E-state index contributed by atoms with van der Waals surface area (Å²) >= 11 is 0. The molecule has 0 bridgehead atoms. The molecule has 4 heteroatoms. The second-order valence-electron chi connectivity index (χ2n) is 6.38. The number of hydrogen-bond donors (Lipinski definition) is 1. The van der Waals surface area contributed by atoms with Gasteiger partial charge in [0.25, 0.3) is 0 Å². The van der Waals surface area contributed by atoms with Gasteiger partial charge in [0.15, 0.2) is 0 Å². The first kappa shape index (κ1) is 17.7. The van der Waals surface area contributed by atoms with Crippen LogP contribution in [0.15, 0.2) is 6.33 Å². The minimum atomic E-state index is 0.396. The Kier molecular flexibility index (Phi) is 6.93. The van der Waals surface area contributed by atoms with Crippen LogP contribution in [-0.4, -0.2) is 29.6 Å². The van der Waals surface area contributed by atoms with Crippen molar-refractivity contribution in [3.63, 3.8) is 0 Å². The van der Waals surface area contributed by atoms with Crippen LogP contribution in [0.5, 0.6) is 0 Å². The lowest BCUT2D eigenvalue weighted by Crippen LogP contribution is -2.39. The highest BCUT2D eigenvalue weighted by Gasteiger charge is 2.24. The lowest BCUT2D eigenvalue weighted by Gasteiger charge is -2.35. The van der Waals surface area contributed by atoms with Crippen LogP contribution < -0.4 is 10.2 Å². The van der Waals surface area contributed by atoms with Crippen molar-refractivity contribution in [2.75, 3.05) is 23.8 Å². The van der Waals surface area contributed by atoms with Gasteiger partial charge in [-0.1, -0.05) is 41.5 Å². The van der Waals surface area contributed by atoms with Crippen LogP contribution in [0.3, 0.4) is 0 Å². The van der Waals surface area contributed by atoms with Crippen molar-refractivity contribution in [3.8, 4) is 0 Å². The van der Waals surface area contributed by atoms with Crippen LogP contribution in [0.1, 0.15) is 65.9 Å². The van der Waals surface area contributed by atoms with Gasteiger partial charge in [0.2, 0.25) is 0 Å². The van der Waals surface area contributed by atoms with Crippen molar-refractivity contribution in [1.29, 1.82) is 0 Å². The lowest BCUT2D eigenvalue weighted by molar-refractivity contribution is 0.500. The van der Waals surface area contributed by atoms with Gasteiger partial charge in [0.05, 0.1) is 0 Å². The summed E-state index contributed by atoms with van der Waals surface area (Å²) in [6.07, 6.45) is 3.96. The largest absolute Gasteiger partial charge is 0.373 e. The molecule has 0 aliphatic rings. The molecule has 0 unspecified atom stereocenters. The minimum absolute atomic E-state index is 0.396. The second kappa shape index (κ2) is 8.20. The number of hydrogen-bond acceptors (Lipinski definition) is 4. The van der Waals surface area contributed by atoms with Crippen LogP contribution in [0.25, 0.3) is 0 Å². The van der Waals surface area contributed by atoms with Crippen LogP contribution in [0.2, 0.25) is 0 Å². The normalized spacial score (nSPS) is 11.5. The molecule has 120 valence electrons. The zero-order valence-electron chi connectivity index (χ0n) is 14.8. The maximum Gasteiger partial charge on any atom is 0.137 e. The van der Waals surface area contributed by atoms with E-state index in [9.17, 15) is 0 Å². The van der Waals surface area contributed by atoms with E-state index in [-0.39, 0.29) is 0 Å². The van der Waals surface area contributed by atoms with E-state index in [4.69, 9.17) is 0 Å². The number of anilines is 2. The highest BCUT2D eigenvalue weighted by Crippen LogP contribution is 2.33. The topological polar surface area (TPSA) is 41.1 Å². The summed E-state index contributed by atoms with van der Waals surface area (Å²) < 4.78 is 0. The lowest BCUT2D eigenvalue weighted by atomic mass is 10.0. The molecule has 0 amide bonds. The second-order valence-corrected chi connectivity index (χ2v) is 6.38. The van der Waals surface area contributed by atoms with Crippen molar-refractivity contribution in [1.82, 2.24) is 9.97 Å². The first-order valence-corrected chi connectivity index (χ1v) is 8.25. The van der Waals surface area contributed by atoms with Crippen LogP contribution in [-0.2, 0) is 0 Å². The Labute approximate surface area is 130 Å². The number of nitrogens with one attached hydrogen (secondary N) is 1. The fraction of sp³-hybridized carbons (Fsp3) is 0.765. The maximum atomic E-state index is 4.65. The molecule has 0 aromatic carbocycles. The van der Waals surface area contributed by atoms with E-state index in [1.165, 1.54) is 5.56 Å². The van der Waals surface area contributed by atoms with Gasteiger partial charge in [-0.3, -0.25) is 0 Å². The molecule has 0 radical (unpaired) electrons. The van der Waals surface area contributed by atoms with E-state index in [0.29, 0.717) is 17.9 Å². The maximum absolute atomic E-state index is 4.65. The van der Waals surface area contributed by atoms with Crippen molar-refractivity contribution >= 4 is 11.6 Å². The summed E-state index contributed by atoms with van der Waals surface area (Å²) in [7, 11) is 1.93. The van der Waals surface area contributed by atoms with E-state index in [1.807, 2.05) is 7.05 Å². The third kappa shape index (κ3) is 4.32. The molecule has 21 heavy (non-hydrogen) atoms. The Hall–Kier alpha value is -1.32. The van der Waals surface area contributed by atoms with E-state index in [1.54, 1.807) is 6.33 Å². The van der Waals surface area contributed by atoms with Gasteiger partial charge in [-0.25, -0.2) is 9.97 Å². The molecule has 4 nitrogen and oxygen atoms in total. The Morgan fingerprint density at radius 1 is 1.10 bits per heavy atom. The van der Waals surface area contributed by atoms with Gasteiger partial charge in [-0.15, -0.1) is 0 Å². The van der Waals surface area contributed by atoms with E-state index < -0.39 is 0 Å². The Morgan fingerprint density at radius 2 is 1.71 bits per heavy atom. The smallest absolute Gasteiger partial charge is 0.137 e. The van der Waals surface area contributed by atoms with Gasteiger partial charge in [-0.2, -0.15) is 0 Å². The molecule has 0 fully saturated rings. The van der Waals surface area contributed by atoms with Crippen molar-refractivity contribution in [3.05, 3.63) is 11.9 Å². The zero-order valence-corrected chi connectivity index (χ0v) is 14.8. The van der Waals surface area contributed by atoms with Gasteiger partial charge in [0.1, 0.15) is 18.0 Å². The monoisotopic (exact) mass is 292 g/mol. The van der Waals surface area contributed by atoms with Crippen molar-refractivity contribution in [2.24, 2.45) is 5.92 Å². The van der Waals surface area contributed by atoms with Crippen LogP contribution >= 0.6 is 0 Å². The molecule has 1 aromatic heterocycles. The first-order valence-electron chi connectivity index (χ1n) is 8.25. The fourth-order valence-corrected chi connectivity index (χ4v) is 2.88. The molecule has 0 aliphatic carbocycles. The number of nitrogens with zero attached hydrogens (tertiary/aromatic N) is 3. The van der Waals surface area contributed by atoms with Crippen molar-refractivity contribution in [2.45, 2.75) is 66.3 Å². The van der Waals surface area contributed by atoms with Gasteiger partial charge in [-0.05, 0) is 24.7 Å². The molecular weight excluding hydrogens is 260 g/mol. The summed E-state index contributed by atoms with van der Waals surface area (Å²) in [5.41, 5.74) is 1.23. The standard InChI is InChI=1S/C17H32N4/c1-8-14(9-2)21(10-12(3)4)17-15(13(5)6)16(18-7)19-11-20-17/h11-14H,8-10H2,1-7H3,(H,18,19,20). The van der Waals surface area contributed by atoms with Crippen LogP contribution in [0.4, 0.5) is 11.6 Å². The Bertz CT molecular complexity index is 425. The molecule has 1 rings (SSSR count). The van der Waals surface area contributed by atoms with Crippen molar-refractivity contribution < 1.29 is 0 Å².